The third-order valence-electron chi connectivity index (χ3n) is 3.10. The molecule has 2 rings (SSSR count). The normalized spacial score (nSPS) is 18.3. The van der Waals surface area contributed by atoms with Crippen LogP contribution in [0.4, 0.5) is 4.39 Å². The van der Waals surface area contributed by atoms with E-state index in [9.17, 15) is 12.8 Å². The fraction of sp³-hybridized carbons (Fsp3) is 0.429. The smallest absolute Gasteiger partial charge is 0.240 e. The van der Waals surface area contributed by atoms with Crippen molar-refractivity contribution in [2.75, 3.05) is 19.7 Å². The van der Waals surface area contributed by atoms with Gasteiger partial charge in [0, 0.05) is 13.2 Å². The van der Waals surface area contributed by atoms with Gasteiger partial charge in [0.15, 0.2) is 0 Å². The Morgan fingerprint density at radius 2 is 2.29 bits per heavy atom. The van der Waals surface area contributed by atoms with Crippen LogP contribution in [0.3, 0.4) is 0 Å². The number of hydrogen-bond acceptors (Lipinski definition) is 4. The van der Waals surface area contributed by atoms with Gasteiger partial charge in [-0.15, -0.1) is 0 Å². The highest BCUT2D eigenvalue weighted by molar-refractivity contribution is 7.89. The van der Waals surface area contributed by atoms with E-state index in [1.807, 2.05) is 0 Å². The standard InChI is InChI=1S/C14H17FN2O3S/c15-14-9-13(6-5-11(14)3-1-7-16)21(18,19)17-10-12-4-2-8-20-12/h5-6,9,12,17H,2,4,7-8,10,16H2. The van der Waals surface area contributed by atoms with Crippen molar-refractivity contribution in [3.63, 3.8) is 0 Å². The number of benzene rings is 1. The number of rotatable bonds is 4. The van der Waals surface area contributed by atoms with Crippen molar-refractivity contribution in [3.8, 4) is 11.8 Å². The van der Waals surface area contributed by atoms with E-state index in [0.29, 0.717) is 6.61 Å². The van der Waals surface area contributed by atoms with E-state index in [-0.39, 0.29) is 29.7 Å². The third-order valence-corrected chi connectivity index (χ3v) is 4.52. The van der Waals surface area contributed by atoms with Crippen molar-refractivity contribution in [1.82, 2.24) is 4.72 Å². The van der Waals surface area contributed by atoms with Crippen molar-refractivity contribution in [1.29, 1.82) is 0 Å². The van der Waals surface area contributed by atoms with Crippen LogP contribution >= 0.6 is 0 Å². The van der Waals surface area contributed by atoms with Crippen LogP contribution in [0.1, 0.15) is 18.4 Å². The summed E-state index contributed by atoms with van der Waals surface area (Å²) in [6, 6.07) is 3.61. The van der Waals surface area contributed by atoms with Gasteiger partial charge in [0.05, 0.1) is 23.1 Å². The predicted molar refractivity (Wildman–Crippen MR) is 76.5 cm³/mol. The van der Waals surface area contributed by atoms with E-state index in [0.717, 1.165) is 18.9 Å². The molecule has 0 aliphatic carbocycles. The quantitative estimate of drug-likeness (QED) is 0.798. The van der Waals surface area contributed by atoms with E-state index < -0.39 is 15.8 Å². The van der Waals surface area contributed by atoms with E-state index in [1.165, 1.54) is 12.1 Å². The zero-order valence-electron chi connectivity index (χ0n) is 11.4. The molecular weight excluding hydrogens is 295 g/mol. The first-order chi connectivity index (χ1) is 10.0. The molecule has 0 spiro atoms. The molecule has 0 radical (unpaired) electrons. The van der Waals surface area contributed by atoms with Crippen LogP contribution in [0.15, 0.2) is 23.1 Å². The average molecular weight is 312 g/mol. The molecule has 0 saturated carbocycles. The van der Waals surface area contributed by atoms with E-state index in [4.69, 9.17) is 10.5 Å². The first kappa shape index (κ1) is 15.9. The Kier molecular flexibility index (Phi) is 5.31. The molecular formula is C14H17FN2O3S. The number of halogens is 1. The first-order valence-electron chi connectivity index (χ1n) is 6.62. The van der Waals surface area contributed by atoms with Gasteiger partial charge in [-0.05, 0) is 31.0 Å². The summed E-state index contributed by atoms with van der Waals surface area (Å²) >= 11 is 0. The van der Waals surface area contributed by atoms with E-state index >= 15 is 0 Å². The van der Waals surface area contributed by atoms with Crippen molar-refractivity contribution in [3.05, 3.63) is 29.6 Å². The maximum atomic E-state index is 13.8. The van der Waals surface area contributed by atoms with Gasteiger partial charge < -0.3 is 10.5 Å². The number of sulfonamides is 1. The average Bonchev–Trinajstić information content (AvgIpc) is 2.97. The summed E-state index contributed by atoms with van der Waals surface area (Å²) in [5, 5.41) is 0. The van der Waals surface area contributed by atoms with Crippen LogP contribution < -0.4 is 10.5 Å². The molecule has 0 aromatic heterocycles. The van der Waals surface area contributed by atoms with Crippen LogP contribution in [-0.4, -0.2) is 34.2 Å². The van der Waals surface area contributed by atoms with E-state index in [1.54, 1.807) is 0 Å². The Morgan fingerprint density at radius 1 is 1.48 bits per heavy atom. The third kappa shape index (κ3) is 4.25. The summed E-state index contributed by atoms with van der Waals surface area (Å²) in [6.07, 6.45) is 1.64. The monoisotopic (exact) mass is 312 g/mol. The minimum atomic E-state index is -3.75. The van der Waals surface area contributed by atoms with Gasteiger partial charge in [0.1, 0.15) is 5.82 Å². The zero-order chi connectivity index (χ0) is 15.3. The lowest BCUT2D eigenvalue weighted by Gasteiger charge is -2.11. The van der Waals surface area contributed by atoms with Crippen molar-refractivity contribution < 1.29 is 17.5 Å². The maximum absolute atomic E-state index is 13.8. The second-order valence-electron chi connectivity index (χ2n) is 4.63. The Balaban J connectivity index is 2.10. The van der Waals surface area contributed by atoms with Gasteiger partial charge in [-0.25, -0.2) is 17.5 Å². The highest BCUT2D eigenvalue weighted by atomic mass is 32.2. The zero-order valence-corrected chi connectivity index (χ0v) is 12.2. The largest absolute Gasteiger partial charge is 0.377 e. The minimum absolute atomic E-state index is 0.112. The Morgan fingerprint density at radius 3 is 2.90 bits per heavy atom. The molecule has 1 aromatic carbocycles. The lowest BCUT2D eigenvalue weighted by atomic mass is 10.2. The second kappa shape index (κ2) is 7.00. The fourth-order valence-electron chi connectivity index (χ4n) is 2.00. The lowest BCUT2D eigenvalue weighted by molar-refractivity contribution is 0.114. The SMILES string of the molecule is NCC#Cc1ccc(S(=O)(=O)NCC2CCCO2)cc1F. The fourth-order valence-corrected chi connectivity index (χ4v) is 3.08. The van der Waals surface area contributed by atoms with Crippen LogP contribution in [-0.2, 0) is 14.8 Å². The molecule has 1 saturated heterocycles. The predicted octanol–water partition coefficient (Wildman–Crippen LogP) is 0.593. The topological polar surface area (TPSA) is 81.4 Å². The number of ether oxygens (including phenoxy) is 1. The Labute approximate surface area is 123 Å². The van der Waals surface area contributed by atoms with Gasteiger partial charge in [-0.1, -0.05) is 11.8 Å². The molecule has 1 fully saturated rings. The molecule has 114 valence electrons. The molecule has 5 nitrogen and oxygen atoms in total. The molecule has 1 aliphatic heterocycles. The van der Waals surface area contributed by atoms with E-state index in [2.05, 4.69) is 16.6 Å². The number of nitrogens with two attached hydrogens (primary N) is 1. The summed E-state index contributed by atoms with van der Waals surface area (Å²) in [6.45, 7) is 0.955. The summed E-state index contributed by atoms with van der Waals surface area (Å²) in [5.74, 6) is 4.38. The molecule has 1 unspecified atom stereocenters. The maximum Gasteiger partial charge on any atom is 0.240 e. The van der Waals surface area contributed by atoms with Gasteiger partial charge in [0.2, 0.25) is 10.0 Å². The first-order valence-corrected chi connectivity index (χ1v) is 8.11. The van der Waals surface area contributed by atoms with Crippen molar-refractivity contribution in [2.24, 2.45) is 5.73 Å². The Hall–Kier alpha value is -1.46. The molecule has 1 heterocycles. The number of nitrogens with one attached hydrogen (secondary N) is 1. The summed E-state index contributed by atoms with van der Waals surface area (Å²) in [5.41, 5.74) is 5.33. The van der Waals surface area contributed by atoms with Gasteiger partial charge >= 0.3 is 0 Å². The van der Waals surface area contributed by atoms with Crippen LogP contribution in [0.2, 0.25) is 0 Å². The second-order valence-corrected chi connectivity index (χ2v) is 6.40. The minimum Gasteiger partial charge on any atom is -0.377 e. The summed E-state index contributed by atoms with van der Waals surface area (Å²) in [4.78, 5) is -0.128. The molecule has 7 heteroatoms. The highest BCUT2D eigenvalue weighted by Gasteiger charge is 2.20. The highest BCUT2D eigenvalue weighted by Crippen LogP contribution is 2.16. The van der Waals surface area contributed by atoms with Crippen molar-refractivity contribution in [2.45, 2.75) is 23.8 Å². The van der Waals surface area contributed by atoms with Crippen LogP contribution in [0.25, 0.3) is 0 Å². The summed E-state index contributed by atoms with van der Waals surface area (Å²) < 4.78 is 45.7. The number of hydrogen-bond donors (Lipinski definition) is 2. The van der Waals surface area contributed by atoms with Gasteiger partial charge in [0.25, 0.3) is 0 Å². The molecule has 0 bridgehead atoms. The Bertz CT molecular complexity index is 659. The van der Waals surface area contributed by atoms with Crippen LogP contribution in [0.5, 0.6) is 0 Å². The van der Waals surface area contributed by atoms with Gasteiger partial charge in [-0.3, -0.25) is 0 Å². The van der Waals surface area contributed by atoms with Crippen LogP contribution in [0, 0.1) is 17.7 Å². The molecule has 3 N–H and O–H groups in total. The molecule has 1 aliphatic rings. The lowest BCUT2D eigenvalue weighted by Crippen LogP contribution is -2.31. The molecule has 21 heavy (non-hydrogen) atoms. The van der Waals surface area contributed by atoms with Gasteiger partial charge in [-0.2, -0.15) is 0 Å². The molecule has 0 amide bonds. The van der Waals surface area contributed by atoms with Crippen molar-refractivity contribution >= 4 is 10.0 Å². The molecule has 1 aromatic rings. The summed E-state index contributed by atoms with van der Waals surface area (Å²) in [7, 11) is -3.75. The molecule has 1 atom stereocenters.